The molecule has 0 saturated carbocycles. The van der Waals surface area contributed by atoms with Gasteiger partial charge < -0.3 is 10.3 Å². The van der Waals surface area contributed by atoms with Gasteiger partial charge in [0.2, 0.25) is 0 Å². The fraction of sp³-hybridized carbons (Fsp3) is 0.150. The lowest BCUT2D eigenvalue weighted by Gasteiger charge is -2.18. The number of halogens is 2. The Bertz CT molecular complexity index is 1490. The zero-order valence-electron chi connectivity index (χ0n) is 16.3. The molecule has 0 fully saturated rings. The van der Waals surface area contributed by atoms with Crippen LogP contribution in [0, 0.1) is 18.6 Å². The van der Waals surface area contributed by atoms with Crippen molar-refractivity contribution in [3.63, 3.8) is 0 Å². The van der Waals surface area contributed by atoms with Crippen LogP contribution in [-0.4, -0.2) is 29.3 Å². The molecule has 0 bridgehead atoms. The van der Waals surface area contributed by atoms with E-state index in [-0.39, 0.29) is 11.1 Å². The quantitative estimate of drug-likeness (QED) is 0.441. The van der Waals surface area contributed by atoms with Gasteiger partial charge in [-0.25, -0.2) is 28.7 Å². The second-order valence-electron chi connectivity index (χ2n) is 6.98. The van der Waals surface area contributed by atoms with E-state index in [0.717, 1.165) is 18.2 Å². The number of imidazole rings is 1. The molecule has 1 aromatic carbocycles. The Hall–Kier alpha value is -3.73. The maximum atomic E-state index is 14.0. The summed E-state index contributed by atoms with van der Waals surface area (Å²) in [5.74, 6) is -0.551. The molecule has 156 valence electrons. The monoisotopic (exact) mass is 439 g/mol. The maximum absolute atomic E-state index is 14.0. The van der Waals surface area contributed by atoms with Crippen LogP contribution in [0.3, 0.4) is 0 Å². The number of nitrogens with zero attached hydrogens (tertiary/aromatic N) is 5. The minimum absolute atomic E-state index is 0.112. The Morgan fingerprint density at radius 2 is 1.94 bits per heavy atom. The Balaban J connectivity index is 1.69. The van der Waals surface area contributed by atoms with Gasteiger partial charge in [-0.15, -0.1) is 11.3 Å². The molecule has 4 aromatic heterocycles. The Labute approximate surface area is 177 Å². The fourth-order valence-corrected chi connectivity index (χ4v) is 4.21. The number of fused-ring (bicyclic) bond motifs is 2. The van der Waals surface area contributed by atoms with E-state index in [4.69, 9.17) is 0 Å². The van der Waals surface area contributed by atoms with Crippen LogP contribution in [0.4, 0.5) is 14.6 Å². The Morgan fingerprint density at radius 3 is 2.71 bits per heavy atom. The van der Waals surface area contributed by atoms with Crippen molar-refractivity contribution in [1.82, 2.24) is 29.3 Å². The number of aryl methyl sites for hydroxylation is 1. The van der Waals surface area contributed by atoms with Gasteiger partial charge in [0.25, 0.3) is 5.56 Å². The number of thiazole rings is 1. The number of benzene rings is 1. The lowest BCUT2D eigenvalue weighted by atomic mass is 10.0. The molecule has 0 aliphatic heterocycles. The van der Waals surface area contributed by atoms with Crippen LogP contribution in [0.15, 0.2) is 40.9 Å². The lowest BCUT2D eigenvalue weighted by Crippen LogP contribution is -2.22. The zero-order chi connectivity index (χ0) is 21.7. The van der Waals surface area contributed by atoms with E-state index >= 15 is 0 Å². The second-order valence-corrected chi connectivity index (χ2v) is 7.85. The number of hydrogen-bond donors (Lipinski definition) is 2. The summed E-state index contributed by atoms with van der Waals surface area (Å²) < 4.78 is 29.3. The number of H-pyrrole nitrogens is 1. The van der Waals surface area contributed by atoms with Crippen LogP contribution in [0.5, 0.6) is 0 Å². The molecule has 2 N–H and O–H groups in total. The van der Waals surface area contributed by atoms with Gasteiger partial charge in [-0.05, 0) is 31.5 Å². The van der Waals surface area contributed by atoms with Crippen molar-refractivity contribution in [2.45, 2.75) is 19.9 Å². The van der Waals surface area contributed by atoms with E-state index in [1.165, 1.54) is 22.1 Å². The van der Waals surface area contributed by atoms with Crippen LogP contribution >= 0.6 is 11.3 Å². The van der Waals surface area contributed by atoms with Crippen molar-refractivity contribution >= 4 is 33.3 Å². The molecule has 0 saturated heterocycles. The third-order valence-electron chi connectivity index (χ3n) is 4.81. The first kappa shape index (κ1) is 19.2. The first-order chi connectivity index (χ1) is 14.9. The Kier molecular flexibility index (Phi) is 4.47. The average Bonchev–Trinajstić information content (AvgIpc) is 3.36. The molecule has 0 spiro atoms. The molecule has 11 heteroatoms. The van der Waals surface area contributed by atoms with Crippen LogP contribution in [0.2, 0.25) is 0 Å². The molecule has 0 amide bonds. The van der Waals surface area contributed by atoms with Gasteiger partial charge in [0.15, 0.2) is 16.4 Å². The highest BCUT2D eigenvalue weighted by molar-refractivity contribution is 7.15. The molecular weight excluding hydrogens is 424 g/mol. The summed E-state index contributed by atoms with van der Waals surface area (Å²) in [6.45, 7) is 3.54. The molecular formula is C20H15F2N7OS. The lowest BCUT2D eigenvalue weighted by molar-refractivity contribution is 0.584. The summed E-state index contributed by atoms with van der Waals surface area (Å²) in [7, 11) is 0. The highest BCUT2D eigenvalue weighted by Crippen LogP contribution is 2.29. The first-order valence-corrected chi connectivity index (χ1v) is 10.2. The summed E-state index contributed by atoms with van der Waals surface area (Å²) >= 11 is 1.29. The van der Waals surface area contributed by atoms with Crippen molar-refractivity contribution in [2.24, 2.45) is 0 Å². The summed E-state index contributed by atoms with van der Waals surface area (Å²) in [6.07, 6.45) is 3.09. The molecule has 5 rings (SSSR count). The summed E-state index contributed by atoms with van der Waals surface area (Å²) in [5, 5.41) is 4.96. The topological polar surface area (TPSA) is 101 Å². The number of hydrogen-bond acceptors (Lipinski definition) is 7. The molecule has 0 aliphatic carbocycles. The predicted octanol–water partition coefficient (Wildman–Crippen LogP) is 3.85. The van der Waals surface area contributed by atoms with E-state index in [9.17, 15) is 13.6 Å². The fourth-order valence-electron chi connectivity index (χ4n) is 3.50. The smallest absolute Gasteiger partial charge is 0.266 e. The van der Waals surface area contributed by atoms with Gasteiger partial charge in [0.1, 0.15) is 23.0 Å². The summed E-state index contributed by atoms with van der Waals surface area (Å²) in [5.41, 5.74) is 1.26. The second kappa shape index (κ2) is 7.20. The molecule has 1 unspecified atom stereocenters. The SMILES string of the molecule is Cc1nc(NC(C)c2nc3sccn3c(=O)c2-c2cc(F)cc(F)c2)c2[nH]cnc2n1. The first-order valence-electron chi connectivity index (χ1n) is 9.31. The van der Waals surface area contributed by atoms with Crippen molar-refractivity contribution < 1.29 is 8.78 Å². The van der Waals surface area contributed by atoms with E-state index in [2.05, 4.69) is 30.2 Å². The van der Waals surface area contributed by atoms with Crippen LogP contribution in [0.1, 0.15) is 24.5 Å². The van der Waals surface area contributed by atoms with Gasteiger partial charge in [-0.1, -0.05) is 0 Å². The van der Waals surface area contributed by atoms with Crippen molar-refractivity contribution in [1.29, 1.82) is 0 Å². The number of rotatable bonds is 4. The van der Waals surface area contributed by atoms with Crippen molar-refractivity contribution in [2.75, 3.05) is 5.32 Å². The minimum Gasteiger partial charge on any atom is -0.360 e. The van der Waals surface area contributed by atoms with Gasteiger partial charge in [0.05, 0.1) is 23.6 Å². The minimum atomic E-state index is -0.776. The summed E-state index contributed by atoms with van der Waals surface area (Å²) in [4.78, 5) is 34.2. The van der Waals surface area contributed by atoms with Crippen LogP contribution < -0.4 is 10.9 Å². The van der Waals surface area contributed by atoms with Crippen molar-refractivity contribution in [3.8, 4) is 11.1 Å². The average molecular weight is 439 g/mol. The normalized spacial score (nSPS) is 12.5. The van der Waals surface area contributed by atoms with Crippen LogP contribution in [0.25, 0.3) is 27.3 Å². The van der Waals surface area contributed by atoms with Gasteiger partial charge in [-0.2, -0.15) is 0 Å². The summed E-state index contributed by atoms with van der Waals surface area (Å²) in [6, 6.07) is 2.48. The van der Waals surface area contributed by atoms with Gasteiger partial charge >= 0.3 is 0 Å². The molecule has 5 aromatic rings. The molecule has 8 nitrogen and oxygen atoms in total. The highest BCUT2D eigenvalue weighted by atomic mass is 32.1. The van der Waals surface area contributed by atoms with E-state index in [1.807, 2.05) is 0 Å². The Morgan fingerprint density at radius 1 is 1.16 bits per heavy atom. The van der Waals surface area contributed by atoms with Gasteiger partial charge in [0, 0.05) is 17.6 Å². The van der Waals surface area contributed by atoms with Gasteiger partial charge in [-0.3, -0.25) is 9.20 Å². The predicted molar refractivity (Wildman–Crippen MR) is 113 cm³/mol. The molecule has 1 atom stereocenters. The van der Waals surface area contributed by atoms with Crippen molar-refractivity contribution in [3.05, 3.63) is 69.6 Å². The van der Waals surface area contributed by atoms with E-state index in [1.54, 1.807) is 25.4 Å². The number of anilines is 1. The van der Waals surface area contributed by atoms with E-state index in [0.29, 0.717) is 33.5 Å². The molecule has 4 heterocycles. The standard InChI is InChI=1S/C20H15F2N7OS/c1-9(25-18-16-17(24-8-23-16)26-10(2)27-18)15-14(11-5-12(21)7-13(22)6-11)19(30)29-3-4-31-20(29)28-15/h3-9H,1-2H3,(H2,23,24,25,26,27). The number of aromatic nitrogens is 6. The maximum Gasteiger partial charge on any atom is 0.266 e. The number of aromatic amines is 1. The molecule has 0 aliphatic rings. The third kappa shape index (κ3) is 3.32. The third-order valence-corrected chi connectivity index (χ3v) is 5.56. The van der Waals surface area contributed by atoms with Crippen LogP contribution in [-0.2, 0) is 0 Å². The molecule has 0 radical (unpaired) electrons. The zero-order valence-corrected chi connectivity index (χ0v) is 17.2. The molecule has 31 heavy (non-hydrogen) atoms. The number of nitrogens with one attached hydrogen (secondary N) is 2. The van der Waals surface area contributed by atoms with E-state index < -0.39 is 23.2 Å². The largest absolute Gasteiger partial charge is 0.360 e. The highest BCUT2D eigenvalue weighted by Gasteiger charge is 2.22.